The second-order valence-corrected chi connectivity index (χ2v) is 6.83. The summed E-state index contributed by atoms with van der Waals surface area (Å²) in [6.07, 6.45) is 3.53. The van der Waals surface area contributed by atoms with E-state index in [1.54, 1.807) is 11.9 Å². The van der Waals surface area contributed by atoms with Gasteiger partial charge in [-0.1, -0.05) is 6.42 Å². The van der Waals surface area contributed by atoms with E-state index in [1.165, 1.54) is 7.11 Å². The predicted octanol–water partition coefficient (Wildman–Crippen LogP) is 2.27. The molecule has 6 nitrogen and oxygen atoms in total. The minimum Gasteiger partial charge on any atom is -0.468 e. The molecule has 128 valence electrons. The van der Waals surface area contributed by atoms with Crippen molar-refractivity contribution in [2.75, 3.05) is 33.8 Å². The highest BCUT2D eigenvalue weighted by Gasteiger charge is 2.29. The number of ether oxygens (including phenoxy) is 2. The zero-order valence-corrected chi connectivity index (χ0v) is 14.6. The van der Waals surface area contributed by atoms with Crippen molar-refractivity contribution in [3.05, 3.63) is 0 Å². The predicted molar refractivity (Wildman–Crippen MR) is 84.7 cm³/mol. The van der Waals surface area contributed by atoms with Crippen molar-refractivity contribution in [2.45, 2.75) is 58.1 Å². The minimum atomic E-state index is -0.478. The smallest absolute Gasteiger partial charge is 0.410 e. The molecule has 1 aliphatic heterocycles. The Morgan fingerprint density at radius 1 is 1.27 bits per heavy atom. The first-order chi connectivity index (χ1) is 10.2. The Kier molecular flexibility index (Phi) is 7.13. The summed E-state index contributed by atoms with van der Waals surface area (Å²) in [7, 11) is 3.17. The van der Waals surface area contributed by atoms with Gasteiger partial charge in [-0.3, -0.25) is 9.69 Å². The van der Waals surface area contributed by atoms with E-state index in [9.17, 15) is 9.59 Å². The number of esters is 1. The summed E-state index contributed by atoms with van der Waals surface area (Å²) in [6.45, 7) is 7.87. The Bertz CT molecular complexity index is 379. The van der Waals surface area contributed by atoms with Crippen molar-refractivity contribution in [2.24, 2.45) is 0 Å². The zero-order chi connectivity index (χ0) is 16.8. The Hall–Kier alpha value is -1.30. The Balaban J connectivity index is 2.38. The number of rotatable bonds is 5. The quantitative estimate of drug-likeness (QED) is 0.729. The highest BCUT2D eigenvalue weighted by molar-refractivity contribution is 5.75. The Morgan fingerprint density at radius 3 is 2.55 bits per heavy atom. The summed E-state index contributed by atoms with van der Waals surface area (Å²) in [5.74, 6) is -0.153. The van der Waals surface area contributed by atoms with Gasteiger partial charge in [0.05, 0.1) is 7.11 Å². The maximum atomic E-state index is 11.9. The fourth-order valence-corrected chi connectivity index (χ4v) is 2.60. The van der Waals surface area contributed by atoms with Gasteiger partial charge in [-0.25, -0.2) is 4.79 Å². The van der Waals surface area contributed by atoms with E-state index in [1.807, 2.05) is 20.8 Å². The Morgan fingerprint density at radius 2 is 1.95 bits per heavy atom. The van der Waals surface area contributed by atoms with Gasteiger partial charge in [-0.2, -0.15) is 0 Å². The van der Waals surface area contributed by atoms with Gasteiger partial charge in [0.1, 0.15) is 11.6 Å². The molecule has 0 aliphatic carbocycles. The molecular weight excluding hydrogens is 284 g/mol. The number of amides is 1. The van der Waals surface area contributed by atoms with Crippen LogP contribution in [0.4, 0.5) is 4.79 Å². The molecule has 22 heavy (non-hydrogen) atoms. The van der Waals surface area contributed by atoms with Crippen LogP contribution in [0, 0.1) is 0 Å². The molecule has 0 saturated carbocycles. The van der Waals surface area contributed by atoms with E-state index in [-0.39, 0.29) is 18.1 Å². The summed E-state index contributed by atoms with van der Waals surface area (Å²) < 4.78 is 10.2. The maximum Gasteiger partial charge on any atom is 0.410 e. The van der Waals surface area contributed by atoms with Gasteiger partial charge < -0.3 is 14.4 Å². The number of hydrogen-bond acceptors (Lipinski definition) is 5. The third-order valence-corrected chi connectivity index (χ3v) is 3.73. The van der Waals surface area contributed by atoms with Gasteiger partial charge in [-0.05, 0) is 46.6 Å². The van der Waals surface area contributed by atoms with Crippen LogP contribution in [0.5, 0.6) is 0 Å². The van der Waals surface area contributed by atoms with Gasteiger partial charge in [0.2, 0.25) is 0 Å². The van der Waals surface area contributed by atoms with Crippen molar-refractivity contribution >= 4 is 12.1 Å². The molecule has 0 aromatic heterocycles. The van der Waals surface area contributed by atoms with Crippen LogP contribution in [0.15, 0.2) is 0 Å². The zero-order valence-electron chi connectivity index (χ0n) is 14.6. The van der Waals surface area contributed by atoms with E-state index in [0.717, 1.165) is 38.8 Å². The molecule has 0 N–H and O–H groups in total. The second-order valence-electron chi connectivity index (χ2n) is 6.83. The second kappa shape index (κ2) is 8.36. The number of carbonyl (C=O) groups is 2. The highest BCUT2D eigenvalue weighted by atomic mass is 16.6. The molecule has 1 aliphatic rings. The van der Waals surface area contributed by atoms with E-state index >= 15 is 0 Å². The summed E-state index contributed by atoms with van der Waals surface area (Å²) in [5, 5.41) is 0. The van der Waals surface area contributed by atoms with Crippen molar-refractivity contribution in [1.29, 1.82) is 0 Å². The lowest BCUT2D eigenvalue weighted by atomic mass is 10.0. The molecule has 0 spiro atoms. The van der Waals surface area contributed by atoms with Gasteiger partial charge >= 0.3 is 12.1 Å². The van der Waals surface area contributed by atoms with E-state index in [0.29, 0.717) is 6.54 Å². The van der Waals surface area contributed by atoms with Crippen LogP contribution in [0.1, 0.15) is 46.5 Å². The van der Waals surface area contributed by atoms with Crippen LogP contribution in [-0.4, -0.2) is 67.3 Å². The van der Waals surface area contributed by atoms with Gasteiger partial charge in [-0.15, -0.1) is 0 Å². The lowest BCUT2D eigenvalue weighted by Gasteiger charge is -2.34. The van der Waals surface area contributed by atoms with E-state index in [4.69, 9.17) is 9.47 Å². The molecule has 0 radical (unpaired) electrons. The number of hydrogen-bond donors (Lipinski definition) is 0. The summed E-state index contributed by atoms with van der Waals surface area (Å²) in [6, 6.07) is -0.134. The summed E-state index contributed by atoms with van der Waals surface area (Å²) >= 11 is 0. The van der Waals surface area contributed by atoms with E-state index < -0.39 is 5.60 Å². The molecule has 0 aromatic carbocycles. The van der Waals surface area contributed by atoms with Crippen molar-refractivity contribution in [1.82, 2.24) is 9.80 Å². The lowest BCUT2D eigenvalue weighted by molar-refractivity contribution is -0.148. The third kappa shape index (κ3) is 6.22. The van der Waals surface area contributed by atoms with Crippen LogP contribution < -0.4 is 0 Å². The van der Waals surface area contributed by atoms with Crippen molar-refractivity contribution < 1.29 is 19.1 Å². The first-order valence-corrected chi connectivity index (χ1v) is 8.00. The molecule has 1 saturated heterocycles. The fourth-order valence-electron chi connectivity index (χ4n) is 2.60. The molecule has 1 rings (SSSR count). The van der Waals surface area contributed by atoms with Crippen LogP contribution in [0.25, 0.3) is 0 Å². The molecular formula is C16H30N2O4. The van der Waals surface area contributed by atoms with Crippen LogP contribution in [-0.2, 0) is 14.3 Å². The largest absolute Gasteiger partial charge is 0.468 e. The normalized spacial score (nSPS) is 19.6. The number of piperidine rings is 1. The maximum absolute atomic E-state index is 11.9. The van der Waals surface area contributed by atoms with Gasteiger partial charge in [0, 0.05) is 20.1 Å². The molecule has 1 atom stereocenters. The number of methoxy groups -OCH3 is 1. The van der Waals surface area contributed by atoms with E-state index in [2.05, 4.69) is 4.90 Å². The van der Waals surface area contributed by atoms with Crippen LogP contribution >= 0.6 is 0 Å². The monoisotopic (exact) mass is 314 g/mol. The molecule has 0 aromatic rings. The SMILES string of the molecule is COC(=O)C1CCCCN1CCCN(C)C(=O)OC(C)(C)C. The summed E-state index contributed by atoms with van der Waals surface area (Å²) in [5.41, 5.74) is -0.478. The van der Waals surface area contributed by atoms with Crippen molar-refractivity contribution in [3.8, 4) is 0 Å². The third-order valence-electron chi connectivity index (χ3n) is 3.73. The topological polar surface area (TPSA) is 59.1 Å². The average Bonchev–Trinajstić information content (AvgIpc) is 2.45. The number of nitrogens with zero attached hydrogens (tertiary/aromatic N) is 2. The minimum absolute atomic E-state index is 0.134. The van der Waals surface area contributed by atoms with Gasteiger partial charge in [0.25, 0.3) is 0 Å². The Labute approximate surface area is 133 Å². The van der Waals surface area contributed by atoms with Gasteiger partial charge in [0.15, 0.2) is 0 Å². The molecule has 1 unspecified atom stereocenters. The molecule has 1 fully saturated rings. The molecule has 0 bridgehead atoms. The standard InChI is InChI=1S/C16H30N2O4/c1-16(2,3)22-15(20)17(4)10-8-12-18-11-7-6-9-13(18)14(19)21-5/h13H,6-12H2,1-5H3. The van der Waals surface area contributed by atoms with Crippen LogP contribution in [0.3, 0.4) is 0 Å². The summed E-state index contributed by atoms with van der Waals surface area (Å²) in [4.78, 5) is 27.4. The number of likely N-dealkylation sites (tertiary alicyclic amines) is 1. The first kappa shape index (κ1) is 18.7. The van der Waals surface area contributed by atoms with Crippen LogP contribution in [0.2, 0.25) is 0 Å². The fraction of sp³-hybridized carbons (Fsp3) is 0.875. The molecule has 6 heteroatoms. The first-order valence-electron chi connectivity index (χ1n) is 8.00. The van der Waals surface area contributed by atoms with Crippen molar-refractivity contribution in [3.63, 3.8) is 0 Å². The molecule has 1 heterocycles. The number of carbonyl (C=O) groups excluding carboxylic acids is 2. The molecule has 1 amide bonds. The lowest BCUT2D eigenvalue weighted by Crippen LogP contribution is -2.46. The average molecular weight is 314 g/mol. The highest BCUT2D eigenvalue weighted by Crippen LogP contribution is 2.18.